The van der Waals surface area contributed by atoms with Gasteiger partial charge in [0.2, 0.25) is 15.9 Å². The highest BCUT2D eigenvalue weighted by molar-refractivity contribution is 8.00. The monoisotopic (exact) mass is 461 g/mol. The van der Waals surface area contributed by atoms with Crippen LogP contribution >= 0.6 is 11.8 Å². The number of benzene rings is 2. The molecule has 2 aromatic rings. The van der Waals surface area contributed by atoms with E-state index in [1.165, 1.54) is 16.1 Å². The summed E-state index contributed by atoms with van der Waals surface area (Å²) in [6.07, 6.45) is 0.485. The van der Waals surface area contributed by atoms with Crippen LogP contribution in [0.25, 0.3) is 0 Å². The molecule has 0 saturated carbocycles. The number of rotatable bonds is 6. The summed E-state index contributed by atoms with van der Waals surface area (Å²) in [5.74, 6) is 0.369. The van der Waals surface area contributed by atoms with Crippen LogP contribution in [-0.4, -0.2) is 49.7 Å². The second-order valence-corrected chi connectivity index (χ2v) is 11.5. The van der Waals surface area contributed by atoms with Crippen LogP contribution < -0.4 is 5.73 Å². The molecule has 0 atom stereocenters. The Labute approximate surface area is 189 Å². The molecular formula is C23H31N3O3S2. The van der Waals surface area contributed by atoms with Gasteiger partial charge in [-0.15, -0.1) is 0 Å². The third-order valence-corrected chi connectivity index (χ3v) is 8.63. The normalized spacial score (nSPS) is 15.5. The summed E-state index contributed by atoms with van der Waals surface area (Å²) in [7, 11) is -3.74. The molecule has 168 valence electrons. The van der Waals surface area contributed by atoms with Gasteiger partial charge in [-0.1, -0.05) is 37.7 Å². The maximum absolute atomic E-state index is 13.5. The van der Waals surface area contributed by atoms with Gasteiger partial charge in [0.25, 0.3) is 0 Å². The van der Waals surface area contributed by atoms with E-state index in [-0.39, 0.29) is 29.8 Å². The lowest BCUT2D eigenvalue weighted by atomic mass is 10.1. The zero-order valence-electron chi connectivity index (χ0n) is 18.6. The Morgan fingerprint density at radius 2 is 1.71 bits per heavy atom. The molecule has 6 nitrogen and oxygen atoms in total. The van der Waals surface area contributed by atoms with E-state index in [1.54, 1.807) is 23.1 Å². The Morgan fingerprint density at radius 1 is 1.03 bits per heavy atom. The molecule has 3 rings (SSSR count). The molecule has 1 aliphatic heterocycles. The van der Waals surface area contributed by atoms with Crippen molar-refractivity contribution in [2.75, 3.05) is 31.9 Å². The first-order chi connectivity index (χ1) is 14.6. The average molecular weight is 462 g/mol. The molecule has 1 aliphatic rings. The predicted octanol–water partition coefficient (Wildman–Crippen LogP) is 3.92. The number of hydrogen-bond acceptors (Lipinski definition) is 5. The van der Waals surface area contributed by atoms with Crippen molar-refractivity contribution >= 4 is 33.4 Å². The summed E-state index contributed by atoms with van der Waals surface area (Å²) in [5, 5.41) is 0. The van der Waals surface area contributed by atoms with E-state index in [0.717, 1.165) is 16.0 Å². The van der Waals surface area contributed by atoms with E-state index in [9.17, 15) is 13.2 Å². The highest BCUT2D eigenvalue weighted by Gasteiger charge is 2.32. The van der Waals surface area contributed by atoms with Crippen molar-refractivity contribution in [3.63, 3.8) is 0 Å². The number of hydrogen-bond donors (Lipinski definition) is 1. The number of nitrogens with two attached hydrogens (primary N) is 1. The molecule has 1 heterocycles. The van der Waals surface area contributed by atoms with Crippen molar-refractivity contribution < 1.29 is 13.2 Å². The molecule has 8 heteroatoms. The van der Waals surface area contributed by atoms with Gasteiger partial charge in [-0.2, -0.15) is 4.31 Å². The van der Waals surface area contributed by atoms with Crippen LogP contribution in [0.3, 0.4) is 0 Å². The molecule has 31 heavy (non-hydrogen) atoms. The van der Waals surface area contributed by atoms with Crippen molar-refractivity contribution in [3.8, 4) is 0 Å². The molecule has 1 amide bonds. The van der Waals surface area contributed by atoms with Crippen LogP contribution in [0.5, 0.6) is 0 Å². The van der Waals surface area contributed by atoms with Gasteiger partial charge in [0.05, 0.1) is 4.90 Å². The number of piperazine rings is 1. The number of carbonyl (C=O) groups is 1. The maximum Gasteiger partial charge on any atom is 0.244 e. The summed E-state index contributed by atoms with van der Waals surface area (Å²) >= 11 is 1.44. The summed E-state index contributed by atoms with van der Waals surface area (Å²) in [6.45, 7) is 9.44. The largest absolute Gasteiger partial charge is 0.399 e. The first-order valence-electron chi connectivity index (χ1n) is 10.5. The molecule has 2 N–H and O–H groups in total. The van der Waals surface area contributed by atoms with Gasteiger partial charge in [-0.05, 0) is 55.2 Å². The van der Waals surface area contributed by atoms with Gasteiger partial charge >= 0.3 is 0 Å². The number of anilines is 1. The maximum atomic E-state index is 13.5. The Bertz CT molecular complexity index is 1060. The van der Waals surface area contributed by atoms with Gasteiger partial charge in [0, 0.05) is 48.1 Å². The van der Waals surface area contributed by atoms with Crippen LogP contribution in [0.2, 0.25) is 0 Å². The van der Waals surface area contributed by atoms with Crippen LogP contribution in [0.4, 0.5) is 5.69 Å². The van der Waals surface area contributed by atoms with Crippen LogP contribution in [0.15, 0.2) is 51.1 Å². The Morgan fingerprint density at radius 3 is 2.35 bits per heavy atom. The zero-order valence-corrected chi connectivity index (χ0v) is 20.2. The molecule has 1 saturated heterocycles. The minimum atomic E-state index is -3.74. The number of sulfonamides is 1. The SMILES string of the molecule is Cc1ccc(C)c(Sc2ccc(N)cc2S(=O)(=O)N2CCN(C(=O)CC(C)C)CC2)c1. The molecule has 0 spiro atoms. The fourth-order valence-corrected chi connectivity index (χ4v) is 6.52. The highest BCUT2D eigenvalue weighted by Crippen LogP contribution is 2.37. The number of carbonyl (C=O) groups excluding carboxylic acids is 1. The fourth-order valence-electron chi connectivity index (χ4n) is 3.54. The Hall–Kier alpha value is -2.03. The van der Waals surface area contributed by atoms with E-state index in [0.29, 0.717) is 30.1 Å². The van der Waals surface area contributed by atoms with Crippen molar-refractivity contribution in [1.29, 1.82) is 0 Å². The van der Waals surface area contributed by atoms with E-state index >= 15 is 0 Å². The minimum Gasteiger partial charge on any atom is -0.399 e. The minimum absolute atomic E-state index is 0.0853. The topological polar surface area (TPSA) is 83.7 Å². The second kappa shape index (κ2) is 9.63. The molecule has 0 bridgehead atoms. The van der Waals surface area contributed by atoms with Crippen molar-refractivity contribution in [2.45, 2.75) is 48.8 Å². The van der Waals surface area contributed by atoms with Crippen molar-refractivity contribution in [3.05, 3.63) is 47.5 Å². The van der Waals surface area contributed by atoms with E-state index in [2.05, 4.69) is 6.07 Å². The quantitative estimate of drug-likeness (QED) is 0.659. The summed E-state index contributed by atoms with van der Waals surface area (Å²) in [5.41, 5.74) is 8.59. The number of aryl methyl sites for hydroxylation is 2. The molecule has 0 aliphatic carbocycles. The summed E-state index contributed by atoms with van der Waals surface area (Å²) in [6, 6.07) is 11.2. The second-order valence-electron chi connectivity index (χ2n) is 8.46. The number of amides is 1. The zero-order chi connectivity index (χ0) is 22.8. The lowest BCUT2D eigenvalue weighted by Crippen LogP contribution is -2.50. The van der Waals surface area contributed by atoms with Gasteiger partial charge in [0.15, 0.2) is 0 Å². The highest BCUT2D eigenvalue weighted by atomic mass is 32.2. The van der Waals surface area contributed by atoms with Crippen molar-refractivity contribution in [2.24, 2.45) is 5.92 Å². The van der Waals surface area contributed by atoms with Crippen LogP contribution in [0.1, 0.15) is 31.4 Å². The van der Waals surface area contributed by atoms with Gasteiger partial charge in [-0.3, -0.25) is 4.79 Å². The van der Waals surface area contributed by atoms with E-state index in [4.69, 9.17) is 5.73 Å². The first-order valence-corrected chi connectivity index (χ1v) is 12.8. The molecule has 1 fully saturated rings. The van der Waals surface area contributed by atoms with Crippen molar-refractivity contribution in [1.82, 2.24) is 9.21 Å². The molecule has 0 unspecified atom stereocenters. The van der Waals surface area contributed by atoms with Crippen LogP contribution in [-0.2, 0) is 14.8 Å². The van der Waals surface area contributed by atoms with E-state index < -0.39 is 10.0 Å². The van der Waals surface area contributed by atoms with Gasteiger partial charge in [-0.25, -0.2) is 8.42 Å². The first kappa shape index (κ1) is 23.6. The Kier molecular flexibility index (Phi) is 7.34. The third-order valence-electron chi connectivity index (χ3n) is 5.32. The van der Waals surface area contributed by atoms with Gasteiger partial charge in [0.1, 0.15) is 0 Å². The molecule has 0 aromatic heterocycles. The average Bonchev–Trinajstić information content (AvgIpc) is 2.71. The third kappa shape index (κ3) is 5.61. The predicted molar refractivity (Wildman–Crippen MR) is 126 cm³/mol. The van der Waals surface area contributed by atoms with E-state index in [1.807, 2.05) is 39.8 Å². The molecular weight excluding hydrogens is 430 g/mol. The van der Waals surface area contributed by atoms with Gasteiger partial charge < -0.3 is 10.6 Å². The number of nitrogen functional groups attached to an aromatic ring is 1. The Balaban J connectivity index is 1.84. The lowest BCUT2D eigenvalue weighted by molar-refractivity contribution is -0.133. The standard InChI is InChI=1S/C23H31N3O3S2/c1-16(2)13-23(27)25-9-11-26(12-10-25)31(28,29)22-15-19(24)7-8-20(22)30-21-14-17(3)5-6-18(21)4/h5-8,14-16H,9-13,24H2,1-4H3. The lowest BCUT2D eigenvalue weighted by Gasteiger charge is -2.34. The smallest absolute Gasteiger partial charge is 0.244 e. The fraction of sp³-hybridized carbons (Fsp3) is 0.435. The molecule has 0 radical (unpaired) electrons. The molecule has 2 aromatic carbocycles. The summed E-state index contributed by atoms with van der Waals surface area (Å²) < 4.78 is 28.5. The van der Waals surface area contributed by atoms with Crippen LogP contribution in [0, 0.1) is 19.8 Å². The summed E-state index contributed by atoms with van der Waals surface area (Å²) in [4.78, 5) is 16.0. The number of nitrogens with zero attached hydrogens (tertiary/aromatic N) is 2.